The van der Waals surface area contributed by atoms with Crippen LogP contribution >= 0.6 is 11.6 Å². The molecule has 1 aromatic carbocycles. The van der Waals surface area contributed by atoms with E-state index in [-0.39, 0.29) is 28.6 Å². The van der Waals surface area contributed by atoms with Crippen molar-refractivity contribution in [1.82, 2.24) is 4.98 Å². The first-order valence-corrected chi connectivity index (χ1v) is 8.28. The van der Waals surface area contributed by atoms with E-state index >= 15 is 0 Å². The smallest absolute Gasteiger partial charge is 0.355 e. The van der Waals surface area contributed by atoms with Crippen molar-refractivity contribution in [2.75, 3.05) is 25.4 Å². The van der Waals surface area contributed by atoms with E-state index in [2.05, 4.69) is 10.3 Å². The number of halogens is 1. The van der Waals surface area contributed by atoms with Gasteiger partial charge in [0.2, 0.25) is 0 Å². The summed E-state index contributed by atoms with van der Waals surface area (Å²) in [4.78, 5) is 27.2. The fourth-order valence-electron chi connectivity index (χ4n) is 2.78. The highest BCUT2D eigenvalue weighted by Gasteiger charge is 2.29. The molecule has 0 atom stereocenters. The van der Waals surface area contributed by atoms with Crippen LogP contribution in [0.3, 0.4) is 0 Å². The maximum absolute atomic E-state index is 12.3. The molecule has 136 valence electrons. The van der Waals surface area contributed by atoms with Gasteiger partial charge >= 0.3 is 11.9 Å². The van der Waals surface area contributed by atoms with Gasteiger partial charge in [-0.25, -0.2) is 9.59 Å². The quantitative estimate of drug-likeness (QED) is 0.535. The highest BCUT2D eigenvalue weighted by Crippen LogP contribution is 2.38. The van der Waals surface area contributed by atoms with Gasteiger partial charge in [0.05, 0.1) is 19.7 Å². The van der Waals surface area contributed by atoms with Crippen molar-refractivity contribution in [2.24, 2.45) is 0 Å². The maximum atomic E-state index is 12.3. The molecule has 2 aromatic rings. The summed E-state index contributed by atoms with van der Waals surface area (Å²) in [6.07, 6.45) is 0.426. The molecule has 7 nitrogen and oxygen atoms in total. The molecule has 1 heterocycles. The number of anilines is 1. The third-order valence-corrected chi connectivity index (χ3v) is 3.92. The second-order valence-corrected chi connectivity index (χ2v) is 6.15. The summed E-state index contributed by atoms with van der Waals surface area (Å²) in [7, 11) is 2.43. The number of phenols is 1. The minimum Gasteiger partial charge on any atom is -0.506 e. The highest BCUT2D eigenvalue weighted by molar-refractivity contribution is 6.19. The predicted molar refractivity (Wildman–Crippen MR) is 95.8 cm³/mol. The number of aryl methyl sites for hydroxylation is 1. The fraction of sp³-hybridized carbons (Fsp3) is 0.412. The number of rotatable bonds is 6. The molecular weight excluding hydrogens is 348 g/mol. The van der Waals surface area contributed by atoms with E-state index < -0.39 is 11.9 Å². The van der Waals surface area contributed by atoms with Crippen LogP contribution in [0, 0.1) is 0 Å². The molecule has 0 aliphatic rings. The number of fused-ring (bicyclic) bond motifs is 1. The molecule has 0 saturated heterocycles. The van der Waals surface area contributed by atoms with Crippen LogP contribution in [0.5, 0.6) is 5.75 Å². The summed E-state index contributed by atoms with van der Waals surface area (Å²) in [6.45, 7) is 3.90. The van der Waals surface area contributed by atoms with Crippen molar-refractivity contribution < 1.29 is 24.2 Å². The lowest BCUT2D eigenvalue weighted by Crippen LogP contribution is -2.13. The summed E-state index contributed by atoms with van der Waals surface area (Å²) in [5, 5.41) is 14.0. The second kappa shape index (κ2) is 7.65. The SMILES string of the molecule is COC(=O)c1[nH]c2c(O)cc(NC(C)C)c(CCCl)c2c1C(=O)OC. The molecule has 3 N–H and O–H groups in total. The van der Waals surface area contributed by atoms with Crippen LogP contribution < -0.4 is 5.32 Å². The largest absolute Gasteiger partial charge is 0.506 e. The number of aromatic nitrogens is 1. The van der Waals surface area contributed by atoms with Gasteiger partial charge in [-0.1, -0.05) is 0 Å². The number of ether oxygens (including phenoxy) is 2. The minimum absolute atomic E-state index is 0.0205. The first kappa shape index (κ1) is 18.9. The van der Waals surface area contributed by atoms with Crippen LogP contribution in [-0.4, -0.2) is 48.2 Å². The number of hydrogen-bond donors (Lipinski definition) is 3. The molecule has 0 amide bonds. The molecule has 1 aromatic heterocycles. The summed E-state index contributed by atoms with van der Waals surface area (Å²) in [6, 6.07) is 1.63. The first-order valence-electron chi connectivity index (χ1n) is 7.75. The summed E-state index contributed by atoms with van der Waals surface area (Å²) >= 11 is 5.94. The summed E-state index contributed by atoms with van der Waals surface area (Å²) in [5.74, 6) is -1.24. The minimum atomic E-state index is -0.730. The van der Waals surface area contributed by atoms with Gasteiger partial charge in [-0.05, 0) is 25.8 Å². The zero-order valence-corrected chi connectivity index (χ0v) is 15.3. The highest BCUT2D eigenvalue weighted by atomic mass is 35.5. The third-order valence-electron chi connectivity index (χ3n) is 3.73. The van der Waals surface area contributed by atoms with Gasteiger partial charge in [0.25, 0.3) is 0 Å². The molecule has 0 saturated carbocycles. The van der Waals surface area contributed by atoms with Crippen LogP contribution in [0.25, 0.3) is 10.9 Å². The van der Waals surface area contributed by atoms with Gasteiger partial charge in [0.15, 0.2) is 0 Å². The van der Waals surface area contributed by atoms with Crippen molar-refractivity contribution in [3.05, 3.63) is 22.9 Å². The average Bonchev–Trinajstić information content (AvgIpc) is 2.97. The molecule has 0 fully saturated rings. The van der Waals surface area contributed by atoms with Gasteiger partial charge < -0.3 is 24.9 Å². The summed E-state index contributed by atoms with van der Waals surface area (Å²) in [5.41, 5.74) is 1.56. The Bertz CT molecular complexity index is 813. The Hall–Kier alpha value is -2.41. The fourth-order valence-corrected chi connectivity index (χ4v) is 2.97. The number of carbonyl (C=O) groups excluding carboxylic acids is 2. The number of alkyl halides is 1. The van der Waals surface area contributed by atoms with Crippen molar-refractivity contribution in [2.45, 2.75) is 26.3 Å². The summed E-state index contributed by atoms with van der Waals surface area (Å²) < 4.78 is 9.56. The van der Waals surface area contributed by atoms with Gasteiger partial charge in [0, 0.05) is 29.1 Å². The van der Waals surface area contributed by atoms with Crippen LogP contribution in [0.2, 0.25) is 0 Å². The van der Waals surface area contributed by atoms with E-state index in [1.807, 2.05) is 13.8 Å². The standard InChI is InChI=1S/C17H21ClN2O5/c1-8(2)19-10-7-11(21)14-12(9(10)5-6-18)13(16(22)24-3)15(20-14)17(23)25-4/h7-8,19-21H,5-6H2,1-4H3. The van der Waals surface area contributed by atoms with Gasteiger partial charge in [0.1, 0.15) is 17.0 Å². The number of benzene rings is 1. The topological polar surface area (TPSA) is 101 Å². The predicted octanol–water partition coefficient (Wildman–Crippen LogP) is 3.05. The molecule has 25 heavy (non-hydrogen) atoms. The van der Waals surface area contributed by atoms with Crippen molar-refractivity contribution in [3.63, 3.8) is 0 Å². The number of esters is 2. The Morgan fingerprint density at radius 2 is 1.92 bits per heavy atom. The number of carbonyl (C=O) groups is 2. The molecule has 0 radical (unpaired) electrons. The van der Waals surface area contributed by atoms with E-state index in [1.54, 1.807) is 6.07 Å². The Balaban J connectivity index is 2.92. The Kier molecular flexibility index (Phi) is 5.79. The van der Waals surface area contributed by atoms with Crippen LogP contribution in [0.15, 0.2) is 6.07 Å². The zero-order chi connectivity index (χ0) is 18.7. The average molecular weight is 369 g/mol. The van der Waals surface area contributed by atoms with E-state index in [0.717, 1.165) is 0 Å². The van der Waals surface area contributed by atoms with Crippen molar-refractivity contribution in [1.29, 1.82) is 0 Å². The van der Waals surface area contributed by atoms with Gasteiger partial charge in [-0.15, -0.1) is 11.6 Å². The number of nitrogens with one attached hydrogen (secondary N) is 2. The van der Waals surface area contributed by atoms with Gasteiger partial charge in [-0.3, -0.25) is 0 Å². The van der Waals surface area contributed by atoms with Crippen molar-refractivity contribution in [3.8, 4) is 5.75 Å². The molecule has 0 bridgehead atoms. The molecule has 2 rings (SSSR count). The molecule has 0 spiro atoms. The maximum Gasteiger partial charge on any atom is 0.355 e. The first-order chi connectivity index (χ1) is 11.8. The van der Waals surface area contributed by atoms with Crippen LogP contribution in [0.4, 0.5) is 5.69 Å². The third kappa shape index (κ3) is 3.51. The monoisotopic (exact) mass is 368 g/mol. The van der Waals surface area contributed by atoms with Crippen LogP contribution in [-0.2, 0) is 15.9 Å². The van der Waals surface area contributed by atoms with E-state index in [1.165, 1.54) is 14.2 Å². The lowest BCUT2D eigenvalue weighted by atomic mass is 9.99. The van der Waals surface area contributed by atoms with Gasteiger partial charge in [-0.2, -0.15) is 0 Å². The molecule has 0 aliphatic heterocycles. The second-order valence-electron chi connectivity index (χ2n) is 5.77. The molecule has 8 heteroatoms. The number of phenolic OH excluding ortho intramolecular Hbond substituents is 1. The Morgan fingerprint density at radius 3 is 2.44 bits per heavy atom. The number of aromatic hydroxyl groups is 1. The number of aromatic amines is 1. The normalized spacial score (nSPS) is 11.0. The molecular formula is C17H21ClN2O5. The molecule has 0 aliphatic carbocycles. The van der Waals surface area contributed by atoms with E-state index in [0.29, 0.717) is 28.9 Å². The lowest BCUT2D eigenvalue weighted by Gasteiger charge is -2.17. The van der Waals surface area contributed by atoms with E-state index in [4.69, 9.17) is 21.1 Å². The number of H-pyrrole nitrogens is 1. The van der Waals surface area contributed by atoms with Crippen molar-refractivity contribution >= 4 is 40.1 Å². The number of methoxy groups -OCH3 is 2. The van der Waals surface area contributed by atoms with Crippen LogP contribution in [0.1, 0.15) is 40.3 Å². The number of hydrogen-bond acceptors (Lipinski definition) is 6. The lowest BCUT2D eigenvalue weighted by molar-refractivity contribution is 0.0553. The Labute approximate surface area is 150 Å². The zero-order valence-electron chi connectivity index (χ0n) is 14.5. The molecule has 0 unspecified atom stereocenters. The van der Waals surface area contributed by atoms with E-state index in [9.17, 15) is 14.7 Å². The Morgan fingerprint density at radius 1 is 1.28 bits per heavy atom.